The van der Waals surface area contributed by atoms with Crippen molar-refractivity contribution >= 4 is 32.2 Å². The van der Waals surface area contributed by atoms with Gasteiger partial charge in [0.1, 0.15) is 5.75 Å². The van der Waals surface area contributed by atoms with Crippen LogP contribution in [0.25, 0.3) is 10.8 Å². The zero-order chi connectivity index (χ0) is 15.7. The van der Waals surface area contributed by atoms with Crippen molar-refractivity contribution in [3.8, 4) is 5.75 Å². The molecule has 6 heteroatoms. The monoisotopic (exact) mass is 314 g/mol. The zero-order valence-electron chi connectivity index (χ0n) is 11.5. The third kappa shape index (κ3) is 2.44. The average Bonchev–Trinajstić information content (AvgIpc) is 2.50. The Bertz CT molecular complexity index is 953. The van der Waals surface area contributed by atoms with Gasteiger partial charge in [0.25, 0.3) is 10.0 Å². The quantitative estimate of drug-likeness (QED) is 0.512. The van der Waals surface area contributed by atoms with E-state index in [1.54, 1.807) is 42.5 Å². The van der Waals surface area contributed by atoms with Gasteiger partial charge in [0.2, 0.25) is 0 Å². The van der Waals surface area contributed by atoms with Crippen LogP contribution in [0.2, 0.25) is 0 Å². The van der Waals surface area contributed by atoms with Crippen molar-refractivity contribution in [1.82, 2.24) is 0 Å². The predicted octanol–water partition coefficient (Wildman–Crippen LogP) is 2.93. The highest BCUT2D eigenvalue weighted by Crippen LogP contribution is 2.30. The number of phenols is 1. The fourth-order valence-electron chi connectivity index (χ4n) is 2.29. The second-order valence-electron chi connectivity index (χ2n) is 4.82. The van der Waals surface area contributed by atoms with Crippen LogP contribution in [0.15, 0.2) is 65.6 Å². The van der Waals surface area contributed by atoms with Crippen LogP contribution in [0.1, 0.15) is 0 Å². The molecule has 0 aliphatic heterocycles. The molecule has 3 aromatic rings. The minimum Gasteiger partial charge on any atom is -0.506 e. The van der Waals surface area contributed by atoms with Gasteiger partial charge in [0, 0.05) is 16.5 Å². The molecule has 5 nitrogen and oxygen atoms in total. The Kier molecular flexibility index (Phi) is 3.38. The number of phenolic OH excluding ortho intramolecular Hbond substituents is 1. The van der Waals surface area contributed by atoms with Crippen LogP contribution < -0.4 is 10.5 Å². The lowest BCUT2D eigenvalue weighted by atomic mass is 10.1. The minimum atomic E-state index is -3.84. The van der Waals surface area contributed by atoms with E-state index in [0.717, 1.165) is 0 Å². The molecule has 0 fully saturated rings. The predicted molar refractivity (Wildman–Crippen MR) is 87.3 cm³/mol. The van der Waals surface area contributed by atoms with Crippen LogP contribution in [0.5, 0.6) is 5.75 Å². The van der Waals surface area contributed by atoms with E-state index < -0.39 is 10.0 Å². The van der Waals surface area contributed by atoms with Gasteiger partial charge in [-0.05, 0) is 24.3 Å². The number of sulfonamides is 1. The fourth-order valence-corrected chi connectivity index (χ4v) is 3.58. The molecule has 0 bridgehead atoms. The molecule has 0 saturated carbocycles. The lowest BCUT2D eigenvalue weighted by Crippen LogP contribution is -2.13. The summed E-state index contributed by atoms with van der Waals surface area (Å²) in [6.45, 7) is 0. The van der Waals surface area contributed by atoms with E-state index in [1.165, 1.54) is 18.2 Å². The third-order valence-electron chi connectivity index (χ3n) is 3.36. The molecule has 3 rings (SSSR count). The Labute approximate surface area is 128 Å². The van der Waals surface area contributed by atoms with Gasteiger partial charge in [0.05, 0.1) is 10.6 Å². The molecule has 0 saturated heterocycles. The molecule has 0 unspecified atom stereocenters. The second-order valence-corrected chi connectivity index (χ2v) is 6.47. The number of nitrogen functional groups attached to an aromatic ring is 1. The van der Waals surface area contributed by atoms with Gasteiger partial charge >= 0.3 is 0 Å². The molecule has 0 aliphatic rings. The number of nitrogens with two attached hydrogens (primary N) is 1. The molecule has 0 aliphatic carbocycles. The molecule has 0 spiro atoms. The van der Waals surface area contributed by atoms with Gasteiger partial charge in [-0.25, -0.2) is 8.42 Å². The van der Waals surface area contributed by atoms with Crippen molar-refractivity contribution in [1.29, 1.82) is 0 Å². The highest BCUT2D eigenvalue weighted by atomic mass is 32.2. The van der Waals surface area contributed by atoms with Crippen molar-refractivity contribution in [2.45, 2.75) is 4.90 Å². The molecule has 22 heavy (non-hydrogen) atoms. The molecule has 4 N–H and O–H groups in total. The van der Waals surface area contributed by atoms with Gasteiger partial charge in [-0.15, -0.1) is 0 Å². The third-order valence-corrected chi connectivity index (χ3v) is 4.78. The summed E-state index contributed by atoms with van der Waals surface area (Å²) in [5, 5.41) is 10.9. The maximum atomic E-state index is 12.6. The van der Waals surface area contributed by atoms with Gasteiger partial charge < -0.3 is 10.8 Å². The molecule has 112 valence electrons. The summed E-state index contributed by atoms with van der Waals surface area (Å²) in [7, 11) is -3.84. The lowest BCUT2D eigenvalue weighted by Gasteiger charge is -2.12. The van der Waals surface area contributed by atoms with E-state index in [9.17, 15) is 13.5 Å². The summed E-state index contributed by atoms with van der Waals surface area (Å²) in [5.41, 5.74) is 6.53. The van der Waals surface area contributed by atoms with Crippen LogP contribution in [0, 0.1) is 0 Å². The number of benzene rings is 3. The molecule has 0 atom stereocenters. The Balaban J connectivity index is 2.14. The standard InChI is InChI=1S/C16H14N2O3S/c17-13-9-10-16(12-6-2-1-5-11(12)13)22(20,21)18-14-7-3-4-8-15(14)19/h1-10,18-19H,17H2. The number of para-hydroxylation sites is 2. The number of aromatic hydroxyl groups is 1. The number of hydrogen-bond donors (Lipinski definition) is 3. The lowest BCUT2D eigenvalue weighted by molar-refractivity contribution is 0.477. The van der Waals surface area contributed by atoms with Crippen LogP contribution >= 0.6 is 0 Å². The Morgan fingerprint density at radius 1 is 0.864 bits per heavy atom. The molecule has 0 radical (unpaired) electrons. The minimum absolute atomic E-state index is 0.112. The smallest absolute Gasteiger partial charge is 0.262 e. The number of anilines is 2. The summed E-state index contributed by atoms with van der Waals surface area (Å²) in [5.74, 6) is -0.133. The molecule has 0 heterocycles. The molecule has 3 aromatic carbocycles. The summed E-state index contributed by atoms with van der Waals surface area (Å²) in [6.07, 6.45) is 0. The topological polar surface area (TPSA) is 92.4 Å². The summed E-state index contributed by atoms with van der Waals surface area (Å²) in [6, 6.07) is 16.2. The van der Waals surface area contributed by atoms with E-state index >= 15 is 0 Å². The summed E-state index contributed by atoms with van der Waals surface area (Å²) < 4.78 is 27.6. The van der Waals surface area contributed by atoms with E-state index in [0.29, 0.717) is 16.5 Å². The van der Waals surface area contributed by atoms with Crippen molar-refractivity contribution in [2.24, 2.45) is 0 Å². The Morgan fingerprint density at radius 3 is 2.23 bits per heavy atom. The summed E-state index contributed by atoms with van der Waals surface area (Å²) >= 11 is 0. The largest absolute Gasteiger partial charge is 0.506 e. The normalized spacial score (nSPS) is 11.5. The van der Waals surface area contributed by atoms with Crippen molar-refractivity contribution in [3.05, 3.63) is 60.7 Å². The van der Waals surface area contributed by atoms with Crippen molar-refractivity contribution < 1.29 is 13.5 Å². The first-order valence-electron chi connectivity index (χ1n) is 6.57. The first kappa shape index (κ1) is 14.2. The second kappa shape index (κ2) is 5.23. The first-order valence-corrected chi connectivity index (χ1v) is 8.05. The molecule has 0 aromatic heterocycles. The van der Waals surface area contributed by atoms with Crippen LogP contribution in [-0.2, 0) is 10.0 Å². The summed E-state index contributed by atoms with van der Waals surface area (Å²) in [4.78, 5) is 0.112. The molecule has 0 amide bonds. The van der Waals surface area contributed by atoms with Gasteiger partial charge in [-0.3, -0.25) is 4.72 Å². The maximum Gasteiger partial charge on any atom is 0.262 e. The van der Waals surface area contributed by atoms with Gasteiger partial charge in [-0.2, -0.15) is 0 Å². The van der Waals surface area contributed by atoms with E-state index in [2.05, 4.69) is 4.72 Å². The maximum absolute atomic E-state index is 12.6. The Hall–Kier alpha value is -2.73. The van der Waals surface area contributed by atoms with Crippen LogP contribution in [0.3, 0.4) is 0 Å². The van der Waals surface area contributed by atoms with Crippen molar-refractivity contribution in [2.75, 3.05) is 10.5 Å². The number of hydrogen-bond acceptors (Lipinski definition) is 4. The van der Waals surface area contributed by atoms with E-state index in [4.69, 9.17) is 5.73 Å². The zero-order valence-corrected chi connectivity index (χ0v) is 12.3. The SMILES string of the molecule is Nc1ccc(S(=O)(=O)Nc2ccccc2O)c2ccccc12. The molecular weight excluding hydrogens is 300 g/mol. The molecular formula is C16H14N2O3S. The van der Waals surface area contributed by atoms with Crippen molar-refractivity contribution in [3.63, 3.8) is 0 Å². The van der Waals surface area contributed by atoms with Crippen LogP contribution in [-0.4, -0.2) is 13.5 Å². The fraction of sp³-hybridized carbons (Fsp3) is 0. The first-order chi connectivity index (χ1) is 10.5. The van der Waals surface area contributed by atoms with Gasteiger partial charge in [0.15, 0.2) is 0 Å². The van der Waals surface area contributed by atoms with E-state index in [-0.39, 0.29) is 16.3 Å². The van der Waals surface area contributed by atoms with Crippen LogP contribution in [0.4, 0.5) is 11.4 Å². The van der Waals surface area contributed by atoms with E-state index in [1.807, 2.05) is 0 Å². The average molecular weight is 314 g/mol. The highest BCUT2D eigenvalue weighted by Gasteiger charge is 2.19. The number of fused-ring (bicyclic) bond motifs is 1. The number of nitrogens with one attached hydrogen (secondary N) is 1. The van der Waals surface area contributed by atoms with Gasteiger partial charge in [-0.1, -0.05) is 36.4 Å². The Morgan fingerprint density at radius 2 is 1.50 bits per heavy atom. The number of rotatable bonds is 3. The highest BCUT2D eigenvalue weighted by molar-refractivity contribution is 7.93.